The molecule has 232 valence electrons. The number of hydrogen-bond donors (Lipinski definition) is 2. The van der Waals surface area contributed by atoms with E-state index in [1.54, 1.807) is 30.3 Å². The Balaban J connectivity index is 1.52. The number of hydrogen-bond acceptors (Lipinski definition) is 7. The fraction of sp³-hybridized carbons (Fsp3) is 0.345. The quantitative estimate of drug-likeness (QED) is 0.225. The summed E-state index contributed by atoms with van der Waals surface area (Å²) in [5.41, 5.74) is 6.73. The van der Waals surface area contributed by atoms with Crippen molar-refractivity contribution >= 4 is 23.5 Å². The second kappa shape index (κ2) is 11.7. The van der Waals surface area contributed by atoms with E-state index in [1.807, 2.05) is 20.8 Å². The highest BCUT2D eigenvalue weighted by Gasteiger charge is 2.52. The monoisotopic (exact) mass is 632 g/mol. The van der Waals surface area contributed by atoms with Gasteiger partial charge in [-0.3, -0.25) is 9.69 Å². The molecule has 1 unspecified atom stereocenters. The molecule has 3 heterocycles. The Hall–Kier alpha value is -4.30. The Morgan fingerprint density at radius 2 is 1.70 bits per heavy atom. The van der Waals surface area contributed by atoms with Crippen LogP contribution in [0, 0.1) is 5.41 Å². The fourth-order valence-corrected chi connectivity index (χ4v) is 5.56. The third kappa shape index (κ3) is 5.78. The average Bonchev–Trinajstić information content (AvgIpc) is 3.70. The van der Waals surface area contributed by atoms with Gasteiger partial charge >= 0.3 is 13.1 Å². The van der Waals surface area contributed by atoms with Crippen molar-refractivity contribution in [3.63, 3.8) is 0 Å². The summed E-state index contributed by atoms with van der Waals surface area (Å²) in [6, 6.07) is 10.3. The Morgan fingerprint density at radius 1 is 1.02 bits per heavy atom. The Bertz CT molecular complexity index is 1700. The summed E-state index contributed by atoms with van der Waals surface area (Å²) >= 11 is 6.35. The number of carbonyl (C=O) groups is 1. The maximum Gasteiger partial charge on any atom is 0.334 e. The molecule has 1 aliphatic rings. The average molecular weight is 633 g/mol. The van der Waals surface area contributed by atoms with E-state index in [1.165, 1.54) is 29.4 Å². The zero-order valence-electron chi connectivity index (χ0n) is 23.9. The predicted molar refractivity (Wildman–Crippen MR) is 155 cm³/mol. The molecule has 0 bridgehead atoms. The number of aliphatic hydroxyl groups excluding tert-OH is 1. The lowest BCUT2D eigenvalue weighted by atomic mass is 9.75. The van der Waals surface area contributed by atoms with Gasteiger partial charge in [0.2, 0.25) is 0 Å². The van der Waals surface area contributed by atoms with Crippen LogP contribution in [0.5, 0.6) is 0 Å². The van der Waals surface area contributed by atoms with E-state index in [2.05, 4.69) is 20.2 Å². The van der Waals surface area contributed by atoms with Gasteiger partial charge in [-0.1, -0.05) is 62.7 Å². The van der Waals surface area contributed by atoms with Gasteiger partial charge in [-0.05, 0) is 40.7 Å². The number of benzene rings is 2. The van der Waals surface area contributed by atoms with Crippen LogP contribution in [0.2, 0.25) is 5.02 Å². The normalized spacial score (nSPS) is 18.0. The second-order valence-electron chi connectivity index (χ2n) is 11.6. The van der Waals surface area contributed by atoms with Crippen molar-refractivity contribution < 1.29 is 27.5 Å². The first-order chi connectivity index (χ1) is 20.7. The van der Waals surface area contributed by atoms with E-state index in [9.17, 15) is 27.5 Å². The lowest BCUT2D eigenvalue weighted by molar-refractivity contribution is -0.135. The highest BCUT2D eigenvalue weighted by atomic mass is 35.5. The van der Waals surface area contributed by atoms with Gasteiger partial charge in [-0.2, -0.15) is 27.3 Å². The molecule has 15 heteroatoms. The van der Waals surface area contributed by atoms with Crippen molar-refractivity contribution in [3.8, 4) is 22.5 Å². The number of nitrogens with zero attached hydrogens (tertiary/aromatic N) is 7. The summed E-state index contributed by atoms with van der Waals surface area (Å²) in [5, 5.41) is 18.2. The van der Waals surface area contributed by atoms with Gasteiger partial charge in [-0.15, -0.1) is 5.10 Å². The number of aliphatic imine (C=N–C) groups is 1. The number of guanidine groups is 1. The van der Waals surface area contributed by atoms with Crippen LogP contribution >= 0.6 is 11.6 Å². The van der Waals surface area contributed by atoms with E-state index in [4.69, 9.17) is 17.3 Å². The molecule has 0 fully saturated rings. The molecule has 0 saturated carbocycles. The van der Waals surface area contributed by atoms with Crippen LogP contribution in [-0.2, 0) is 10.3 Å². The predicted octanol–water partition coefficient (Wildman–Crippen LogP) is 5.77. The van der Waals surface area contributed by atoms with Gasteiger partial charge in [0.1, 0.15) is 6.33 Å². The van der Waals surface area contributed by atoms with Gasteiger partial charge in [0.05, 0.1) is 23.9 Å². The molecule has 0 spiro atoms. The summed E-state index contributed by atoms with van der Waals surface area (Å²) in [4.78, 5) is 24.2. The maximum absolute atomic E-state index is 14.4. The van der Waals surface area contributed by atoms with Crippen LogP contribution in [0.25, 0.3) is 22.5 Å². The molecular formula is C29H29ClF4N8O2. The molecule has 0 radical (unpaired) electrons. The van der Waals surface area contributed by atoms with Gasteiger partial charge in [-0.25, -0.2) is 14.7 Å². The fourth-order valence-electron chi connectivity index (χ4n) is 5.36. The van der Waals surface area contributed by atoms with Crippen LogP contribution in [-0.4, -0.2) is 53.0 Å². The molecule has 44 heavy (non-hydrogen) atoms. The van der Waals surface area contributed by atoms with E-state index in [0.29, 0.717) is 31.6 Å². The SMILES string of the molecule is CC(C)(C)C[C@]1(c2ccc(-c3cnn(C(F)F)c3)cc2)N=C(N)N(C(CO)c2ccc(Cl)c(-c3ncn(C(F)F)n3)c2)C1=O. The summed E-state index contributed by atoms with van der Waals surface area (Å²) in [6.07, 6.45) is 3.67. The number of aliphatic hydroxyl groups is 1. The van der Waals surface area contributed by atoms with Crippen molar-refractivity contribution in [1.29, 1.82) is 0 Å². The first-order valence-electron chi connectivity index (χ1n) is 13.5. The van der Waals surface area contributed by atoms with Crippen LogP contribution in [0.4, 0.5) is 17.6 Å². The molecule has 1 amide bonds. The topological polar surface area (TPSA) is 127 Å². The molecule has 2 aromatic carbocycles. The van der Waals surface area contributed by atoms with Crippen molar-refractivity contribution in [3.05, 3.63) is 77.3 Å². The largest absolute Gasteiger partial charge is 0.394 e. The molecule has 3 N–H and O–H groups in total. The number of rotatable bonds is 9. The molecule has 5 rings (SSSR count). The third-order valence-corrected chi connectivity index (χ3v) is 7.55. The Morgan fingerprint density at radius 3 is 2.27 bits per heavy atom. The third-order valence-electron chi connectivity index (χ3n) is 7.22. The molecule has 0 aliphatic carbocycles. The van der Waals surface area contributed by atoms with Crippen LogP contribution in [0.1, 0.15) is 57.5 Å². The lowest BCUT2D eigenvalue weighted by Crippen LogP contribution is -2.47. The number of halogens is 5. The van der Waals surface area contributed by atoms with Crippen LogP contribution < -0.4 is 5.73 Å². The van der Waals surface area contributed by atoms with Gasteiger partial charge < -0.3 is 10.8 Å². The summed E-state index contributed by atoms with van der Waals surface area (Å²) in [5.74, 6) is -0.680. The number of amides is 1. The second-order valence-corrected chi connectivity index (χ2v) is 12.0. The molecular weight excluding hydrogens is 604 g/mol. The number of carbonyl (C=O) groups excluding carboxylic acids is 1. The number of alkyl halides is 4. The van der Waals surface area contributed by atoms with Crippen LogP contribution in [0.15, 0.2) is 66.2 Å². The molecule has 4 aromatic rings. The van der Waals surface area contributed by atoms with Crippen molar-refractivity contribution in [2.24, 2.45) is 16.1 Å². The van der Waals surface area contributed by atoms with E-state index >= 15 is 0 Å². The molecule has 0 saturated heterocycles. The van der Waals surface area contributed by atoms with E-state index < -0.39 is 42.6 Å². The smallest absolute Gasteiger partial charge is 0.334 e. The summed E-state index contributed by atoms with van der Waals surface area (Å²) in [7, 11) is 0. The van der Waals surface area contributed by atoms with Gasteiger partial charge in [0, 0.05) is 17.3 Å². The molecule has 2 aromatic heterocycles. The van der Waals surface area contributed by atoms with E-state index in [0.717, 1.165) is 6.33 Å². The van der Waals surface area contributed by atoms with Gasteiger partial charge in [0.25, 0.3) is 5.91 Å². The lowest BCUT2D eigenvalue weighted by Gasteiger charge is -2.34. The summed E-state index contributed by atoms with van der Waals surface area (Å²) < 4.78 is 53.2. The first kappa shape index (κ1) is 31.1. The maximum atomic E-state index is 14.4. The van der Waals surface area contributed by atoms with Crippen molar-refractivity contribution in [1.82, 2.24) is 29.4 Å². The van der Waals surface area contributed by atoms with Crippen LogP contribution in [0.3, 0.4) is 0 Å². The molecule has 1 aliphatic heterocycles. The first-order valence-corrected chi connectivity index (χ1v) is 13.8. The minimum absolute atomic E-state index is 0.0653. The van der Waals surface area contributed by atoms with Crippen molar-refractivity contribution in [2.45, 2.75) is 51.9 Å². The van der Waals surface area contributed by atoms with Gasteiger partial charge in [0.15, 0.2) is 17.3 Å². The standard InChI is InChI=1S/C29H29ClF4N8O2/c1-28(2,3)14-29(19-7-4-16(5-8-19)18-11-37-40(12-18)25(31)32)24(44)42(27(35)38-29)22(13-43)17-6-9-21(30)20(10-17)23-36-15-41(39-23)26(33)34/h4-12,15,22,25-26,43H,13-14H2,1-3H3,(H2,35,38)/t22?,29-/m1/s1. The van der Waals surface area contributed by atoms with E-state index in [-0.39, 0.29) is 28.8 Å². The minimum Gasteiger partial charge on any atom is -0.394 e. The molecule has 2 atom stereocenters. The zero-order chi connectivity index (χ0) is 32.0. The minimum atomic E-state index is -2.90. The van der Waals surface area contributed by atoms with Crippen molar-refractivity contribution in [2.75, 3.05) is 6.61 Å². The number of aromatic nitrogens is 5. The zero-order valence-corrected chi connectivity index (χ0v) is 24.6. The molecule has 10 nitrogen and oxygen atoms in total. The Kier molecular flexibility index (Phi) is 8.25. The summed E-state index contributed by atoms with van der Waals surface area (Å²) in [6.45, 7) is -0.388. The number of nitrogens with two attached hydrogens (primary N) is 1. The Labute approximate surface area is 254 Å². The highest BCUT2D eigenvalue weighted by Crippen LogP contribution is 2.45. The highest BCUT2D eigenvalue weighted by molar-refractivity contribution is 6.33.